The molecule has 0 aliphatic rings. The van der Waals surface area contributed by atoms with Crippen molar-refractivity contribution in [2.75, 3.05) is 30.8 Å². The van der Waals surface area contributed by atoms with E-state index in [4.69, 9.17) is 10.5 Å². The molecule has 0 aliphatic carbocycles. The number of ketones is 1. The van der Waals surface area contributed by atoms with Crippen LogP contribution in [0.15, 0.2) is 0 Å². The monoisotopic (exact) mass is 298 g/mol. The number of carbonyl (C=O) groups excluding carboxylic acids is 2. The second kappa shape index (κ2) is 6.74. The first-order valence-corrected chi connectivity index (χ1v) is 7.42. The highest BCUT2D eigenvalue weighted by molar-refractivity contribution is 7.19. The molecule has 0 aliphatic heterocycles. The second-order valence-corrected chi connectivity index (χ2v) is 6.08. The minimum Gasteiger partial charge on any atom is -0.462 e. The van der Waals surface area contributed by atoms with E-state index in [2.05, 4.69) is 13.8 Å². The highest BCUT2D eigenvalue weighted by Gasteiger charge is 2.27. The molecule has 1 rings (SSSR count). The van der Waals surface area contributed by atoms with Crippen molar-refractivity contribution in [3.63, 3.8) is 0 Å². The van der Waals surface area contributed by atoms with Crippen LogP contribution in [-0.4, -0.2) is 32.0 Å². The molecule has 2 N–H and O–H groups in total. The van der Waals surface area contributed by atoms with Crippen LogP contribution in [0.1, 0.15) is 47.7 Å². The van der Waals surface area contributed by atoms with Gasteiger partial charge in [0.05, 0.1) is 17.2 Å². The second-order valence-electron chi connectivity index (χ2n) is 5.08. The van der Waals surface area contributed by atoms with Crippen LogP contribution >= 0.6 is 11.3 Å². The van der Waals surface area contributed by atoms with Crippen LogP contribution in [0.4, 0.5) is 10.7 Å². The molecule has 0 atom stereocenters. The summed E-state index contributed by atoms with van der Waals surface area (Å²) in [5.41, 5.74) is 6.51. The van der Waals surface area contributed by atoms with Gasteiger partial charge in [-0.1, -0.05) is 13.8 Å². The minimum atomic E-state index is -0.473. The maximum absolute atomic E-state index is 12.1. The predicted octanol–water partition coefficient (Wildman–Crippen LogP) is 2.80. The average molecular weight is 298 g/mol. The molecule has 0 radical (unpaired) electrons. The Hall–Kier alpha value is -1.56. The number of hydrogen-bond donors (Lipinski definition) is 1. The van der Waals surface area contributed by atoms with Crippen LogP contribution < -0.4 is 10.6 Å². The van der Waals surface area contributed by atoms with E-state index in [-0.39, 0.29) is 18.1 Å². The Morgan fingerprint density at radius 1 is 1.40 bits per heavy atom. The topological polar surface area (TPSA) is 72.6 Å². The van der Waals surface area contributed by atoms with Crippen molar-refractivity contribution in [3.8, 4) is 0 Å². The first-order chi connectivity index (χ1) is 9.29. The summed E-state index contributed by atoms with van der Waals surface area (Å²) in [6.45, 7) is 8.40. The third kappa shape index (κ3) is 3.50. The van der Waals surface area contributed by atoms with Gasteiger partial charge >= 0.3 is 5.97 Å². The lowest BCUT2D eigenvalue weighted by Gasteiger charge is -2.20. The number of Topliss-reactive ketones (excluding diaryl/α,β-unsaturated/α-hetero) is 1. The lowest BCUT2D eigenvalue weighted by atomic mass is 10.2. The Labute approximate surface area is 123 Å². The Morgan fingerprint density at radius 3 is 2.45 bits per heavy atom. The Bertz CT molecular complexity index is 509. The summed E-state index contributed by atoms with van der Waals surface area (Å²) < 4.78 is 5.05. The number of thiophene rings is 1. The highest BCUT2D eigenvalue weighted by Crippen LogP contribution is 2.38. The normalized spacial score (nSPS) is 10.7. The van der Waals surface area contributed by atoms with E-state index >= 15 is 0 Å². The molecule has 0 bridgehead atoms. The quantitative estimate of drug-likeness (QED) is 0.646. The van der Waals surface area contributed by atoms with Crippen molar-refractivity contribution in [3.05, 3.63) is 10.4 Å². The summed E-state index contributed by atoms with van der Waals surface area (Å²) >= 11 is 1.25. The number of ether oxygens (including phenoxy) is 1. The zero-order chi connectivity index (χ0) is 15.4. The van der Waals surface area contributed by atoms with E-state index in [1.807, 2.05) is 11.9 Å². The van der Waals surface area contributed by atoms with E-state index in [1.54, 1.807) is 6.92 Å². The van der Waals surface area contributed by atoms with Crippen LogP contribution in [0.3, 0.4) is 0 Å². The van der Waals surface area contributed by atoms with Gasteiger partial charge in [-0.2, -0.15) is 0 Å². The molecule has 0 fully saturated rings. The fourth-order valence-corrected chi connectivity index (χ4v) is 3.07. The molecule has 1 aromatic heterocycles. The van der Waals surface area contributed by atoms with Crippen molar-refractivity contribution >= 4 is 33.8 Å². The third-order valence-electron chi connectivity index (χ3n) is 2.71. The lowest BCUT2D eigenvalue weighted by molar-refractivity contribution is 0.0529. The molecule has 0 saturated heterocycles. The molecule has 20 heavy (non-hydrogen) atoms. The van der Waals surface area contributed by atoms with Gasteiger partial charge in [0.25, 0.3) is 0 Å². The van der Waals surface area contributed by atoms with Gasteiger partial charge in [-0.05, 0) is 12.8 Å². The van der Waals surface area contributed by atoms with E-state index in [0.29, 0.717) is 21.4 Å². The summed E-state index contributed by atoms with van der Waals surface area (Å²) in [5, 5.41) is 0.694. The largest absolute Gasteiger partial charge is 0.462 e. The van der Waals surface area contributed by atoms with Crippen molar-refractivity contribution in [2.45, 2.75) is 27.7 Å². The molecule has 6 heteroatoms. The molecular weight excluding hydrogens is 276 g/mol. The van der Waals surface area contributed by atoms with Crippen molar-refractivity contribution < 1.29 is 14.3 Å². The SMILES string of the molecule is CCOC(=O)c1c(N(C)CC(C)C)sc(C(C)=O)c1N. The molecule has 0 saturated carbocycles. The van der Waals surface area contributed by atoms with Crippen LogP contribution in [0.5, 0.6) is 0 Å². The first kappa shape index (κ1) is 16.5. The number of rotatable bonds is 6. The molecule has 1 aromatic rings. The number of esters is 1. The molecule has 112 valence electrons. The Kier molecular flexibility index (Phi) is 5.56. The number of nitrogen functional groups attached to an aromatic ring is 1. The first-order valence-electron chi connectivity index (χ1n) is 6.61. The Balaban J connectivity index is 3.30. The summed E-state index contributed by atoms with van der Waals surface area (Å²) in [5.74, 6) is -0.180. The Morgan fingerprint density at radius 2 is 2.00 bits per heavy atom. The van der Waals surface area contributed by atoms with Gasteiger partial charge in [-0.3, -0.25) is 4.79 Å². The van der Waals surface area contributed by atoms with E-state index in [0.717, 1.165) is 6.54 Å². The summed E-state index contributed by atoms with van der Waals surface area (Å²) in [6.07, 6.45) is 0. The fourth-order valence-electron chi connectivity index (χ4n) is 1.99. The molecule has 0 spiro atoms. The van der Waals surface area contributed by atoms with Gasteiger partial charge < -0.3 is 15.4 Å². The number of hydrogen-bond acceptors (Lipinski definition) is 6. The number of nitrogens with two attached hydrogens (primary N) is 1. The number of carbonyl (C=O) groups is 2. The van der Waals surface area contributed by atoms with Gasteiger partial charge in [-0.25, -0.2) is 4.79 Å². The van der Waals surface area contributed by atoms with Crippen molar-refractivity contribution in [2.24, 2.45) is 5.92 Å². The van der Waals surface area contributed by atoms with Crippen LogP contribution in [0.25, 0.3) is 0 Å². The highest BCUT2D eigenvalue weighted by atomic mass is 32.1. The van der Waals surface area contributed by atoms with Gasteiger partial charge in [0, 0.05) is 20.5 Å². The molecule has 0 amide bonds. The molecule has 0 aromatic carbocycles. The molecule has 1 heterocycles. The van der Waals surface area contributed by atoms with Crippen LogP contribution in [-0.2, 0) is 4.74 Å². The lowest BCUT2D eigenvalue weighted by Crippen LogP contribution is -2.23. The van der Waals surface area contributed by atoms with Crippen molar-refractivity contribution in [1.29, 1.82) is 0 Å². The van der Waals surface area contributed by atoms with E-state index < -0.39 is 5.97 Å². The summed E-state index contributed by atoms with van der Waals surface area (Å²) in [4.78, 5) is 26.1. The third-order valence-corrected chi connectivity index (χ3v) is 4.13. The number of nitrogens with zero attached hydrogens (tertiary/aromatic N) is 1. The smallest absolute Gasteiger partial charge is 0.343 e. The van der Waals surface area contributed by atoms with Crippen LogP contribution in [0, 0.1) is 5.92 Å². The van der Waals surface area contributed by atoms with E-state index in [1.165, 1.54) is 18.3 Å². The minimum absolute atomic E-state index is 0.137. The summed E-state index contributed by atoms with van der Waals surface area (Å²) in [6, 6.07) is 0. The molecule has 5 nitrogen and oxygen atoms in total. The predicted molar refractivity (Wildman–Crippen MR) is 82.8 cm³/mol. The maximum atomic E-state index is 12.1. The zero-order valence-electron chi connectivity index (χ0n) is 12.6. The standard InChI is InChI=1S/C14H22N2O3S/c1-6-19-14(18)10-11(15)12(9(4)17)20-13(10)16(5)7-8(2)3/h8H,6-7,15H2,1-5H3. The van der Waals surface area contributed by atoms with Crippen LogP contribution in [0.2, 0.25) is 0 Å². The average Bonchev–Trinajstić information content (AvgIpc) is 2.66. The summed E-state index contributed by atoms with van der Waals surface area (Å²) in [7, 11) is 1.89. The van der Waals surface area contributed by atoms with Gasteiger partial charge in [0.2, 0.25) is 0 Å². The van der Waals surface area contributed by atoms with Gasteiger partial charge in [0.1, 0.15) is 10.6 Å². The maximum Gasteiger partial charge on any atom is 0.343 e. The van der Waals surface area contributed by atoms with Gasteiger partial charge in [-0.15, -0.1) is 11.3 Å². The molecular formula is C14H22N2O3S. The van der Waals surface area contributed by atoms with Gasteiger partial charge in [0.15, 0.2) is 5.78 Å². The van der Waals surface area contributed by atoms with Crippen molar-refractivity contribution in [1.82, 2.24) is 0 Å². The van der Waals surface area contributed by atoms with E-state index in [9.17, 15) is 9.59 Å². The molecule has 0 unspecified atom stereocenters. The zero-order valence-corrected chi connectivity index (χ0v) is 13.5. The fraction of sp³-hybridized carbons (Fsp3) is 0.571. The number of anilines is 2.